The van der Waals surface area contributed by atoms with Gasteiger partial charge in [-0.25, -0.2) is 9.97 Å². The lowest BCUT2D eigenvalue weighted by molar-refractivity contribution is 0.392. The van der Waals surface area contributed by atoms with Gasteiger partial charge in [0.05, 0.1) is 15.9 Å². The van der Waals surface area contributed by atoms with Crippen molar-refractivity contribution in [2.24, 2.45) is 0 Å². The lowest BCUT2D eigenvalue weighted by Gasteiger charge is -2.01. The number of thiophene rings is 1. The Labute approximate surface area is 112 Å². The van der Waals surface area contributed by atoms with Gasteiger partial charge in [0.25, 0.3) is 0 Å². The van der Waals surface area contributed by atoms with Gasteiger partial charge in [0.2, 0.25) is 0 Å². The number of fused-ring (bicyclic) bond motifs is 1. The molecule has 0 N–H and O–H groups in total. The van der Waals surface area contributed by atoms with E-state index in [2.05, 4.69) is 15.1 Å². The molecule has 3 aromatic rings. The fourth-order valence-electron chi connectivity index (χ4n) is 1.72. The monoisotopic (exact) mass is 277 g/mol. The van der Waals surface area contributed by atoms with Gasteiger partial charge >= 0.3 is 0 Å². The van der Waals surface area contributed by atoms with Crippen LogP contribution in [0.25, 0.3) is 10.2 Å². The number of thioether (sulfide) groups is 1. The van der Waals surface area contributed by atoms with Crippen molar-refractivity contribution in [2.45, 2.75) is 24.6 Å². The zero-order valence-electron chi connectivity index (χ0n) is 10.0. The molecule has 0 unspecified atom stereocenters. The first-order chi connectivity index (χ1) is 8.75. The molecule has 0 saturated carbocycles. The Hall–Kier alpha value is -1.40. The minimum absolute atomic E-state index is 0.825. The summed E-state index contributed by atoms with van der Waals surface area (Å²) in [7, 11) is 0. The third kappa shape index (κ3) is 2.02. The predicted octanol–water partition coefficient (Wildman–Crippen LogP) is 3.59. The van der Waals surface area contributed by atoms with Crippen molar-refractivity contribution in [3.63, 3.8) is 0 Å². The van der Waals surface area contributed by atoms with Gasteiger partial charge in [0.1, 0.15) is 17.1 Å². The third-order valence-corrected chi connectivity index (χ3v) is 4.80. The number of nitrogens with zero attached hydrogens (tertiary/aromatic N) is 3. The maximum Gasteiger partial charge on any atom is 0.137 e. The zero-order chi connectivity index (χ0) is 12.5. The topological polar surface area (TPSA) is 51.8 Å². The molecule has 0 spiro atoms. The molecule has 92 valence electrons. The minimum Gasteiger partial charge on any atom is -0.361 e. The maximum atomic E-state index is 5.16. The number of aromatic nitrogens is 3. The Kier molecular flexibility index (Phi) is 3.05. The van der Waals surface area contributed by atoms with Crippen LogP contribution in [0.2, 0.25) is 0 Å². The summed E-state index contributed by atoms with van der Waals surface area (Å²) in [6.07, 6.45) is 1.62. The highest BCUT2D eigenvalue weighted by Gasteiger charge is 2.11. The Bertz CT molecular complexity index is 670. The smallest absolute Gasteiger partial charge is 0.137 e. The van der Waals surface area contributed by atoms with Gasteiger partial charge in [0, 0.05) is 11.3 Å². The van der Waals surface area contributed by atoms with E-state index in [0.29, 0.717) is 0 Å². The summed E-state index contributed by atoms with van der Waals surface area (Å²) >= 11 is 3.37. The third-order valence-electron chi connectivity index (χ3n) is 2.74. The van der Waals surface area contributed by atoms with Crippen LogP contribution in [0.5, 0.6) is 0 Å². The fourth-order valence-corrected chi connectivity index (χ4v) is 3.82. The molecule has 0 amide bonds. The number of rotatable bonds is 3. The average Bonchev–Trinajstić information content (AvgIpc) is 2.95. The standard InChI is InChI=1S/C12H11N3OS2/c1-7-9(8(2)16-15-7)5-18-12-11-10(3-4-17-11)13-6-14-12/h3-4,6H,5H2,1-2H3. The van der Waals surface area contributed by atoms with Crippen molar-refractivity contribution in [1.29, 1.82) is 0 Å². The van der Waals surface area contributed by atoms with E-state index in [4.69, 9.17) is 4.52 Å². The summed E-state index contributed by atoms with van der Waals surface area (Å²) in [5, 5.41) is 7.03. The highest BCUT2D eigenvalue weighted by atomic mass is 32.2. The van der Waals surface area contributed by atoms with Gasteiger partial charge in [-0.05, 0) is 25.3 Å². The van der Waals surface area contributed by atoms with Crippen molar-refractivity contribution < 1.29 is 4.52 Å². The lowest BCUT2D eigenvalue weighted by atomic mass is 10.2. The van der Waals surface area contributed by atoms with Crippen molar-refractivity contribution in [3.8, 4) is 0 Å². The number of aryl methyl sites for hydroxylation is 2. The first kappa shape index (κ1) is 11.7. The van der Waals surface area contributed by atoms with Crippen molar-refractivity contribution in [2.75, 3.05) is 0 Å². The van der Waals surface area contributed by atoms with Crippen LogP contribution in [0, 0.1) is 13.8 Å². The van der Waals surface area contributed by atoms with E-state index >= 15 is 0 Å². The molecule has 0 fully saturated rings. The first-order valence-electron chi connectivity index (χ1n) is 5.48. The lowest BCUT2D eigenvalue weighted by Crippen LogP contribution is -1.87. The molecule has 0 saturated heterocycles. The second kappa shape index (κ2) is 4.70. The molecule has 0 aromatic carbocycles. The Balaban J connectivity index is 1.87. The summed E-state index contributed by atoms with van der Waals surface area (Å²) < 4.78 is 6.31. The molecule has 3 rings (SSSR count). The molecule has 3 aromatic heterocycles. The van der Waals surface area contributed by atoms with Crippen LogP contribution >= 0.6 is 23.1 Å². The van der Waals surface area contributed by atoms with Gasteiger partial charge in [0.15, 0.2) is 0 Å². The van der Waals surface area contributed by atoms with Gasteiger partial charge in [-0.15, -0.1) is 11.3 Å². The van der Waals surface area contributed by atoms with Crippen LogP contribution in [-0.4, -0.2) is 15.1 Å². The van der Waals surface area contributed by atoms with Crippen LogP contribution in [-0.2, 0) is 5.75 Å². The van der Waals surface area contributed by atoms with E-state index in [1.807, 2.05) is 25.3 Å². The van der Waals surface area contributed by atoms with Crippen molar-refractivity contribution >= 4 is 33.3 Å². The van der Waals surface area contributed by atoms with E-state index in [0.717, 1.165) is 38.0 Å². The zero-order valence-corrected chi connectivity index (χ0v) is 11.6. The van der Waals surface area contributed by atoms with Crippen LogP contribution in [0.3, 0.4) is 0 Å². The molecule has 0 bridgehead atoms. The minimum atomic E-state index is 0.825. The average molecular weight is 277 g/mol. The summed E-state index contributed by atoms with van der Waals surface area (Å²) in [4.78, 5) is 8.59. The summed E-state index contributed by atoms with van der Waals surface area (Å²) in [5.74, 6) is 1.71. The Morgan fingerprint density at radius 1 is 1.33 bits per heavy atom. The predicted molar refractivity (Wildman–Crippen MR) is 73.0 cm³/mol. The van der Waals surface area contributed by atoms with E-state index in [1.54, 1.807) is 29.4 Å². The van der Waals surface area contributed by atoms with Gasteiger partial charge < -0.3 is 4.52 Å². The summed E-state index contributed by atoms with van der Waals surface area (Å²) in [6.45, 7) is 3.91. The first-order valence-corrected chi connectivity index (χ1v) is 7.35. The number of hydrogen-bond donors (Lipinski definition) is 0. The highest BCUT2D eigenvalue weighted by Crippen LogP contribution is 2.31. The molecular formula is C12H11N3OS2. The second-order valence-electron chi connectivity index (χ2n) is 3.91. The highest BCUT2D eigenvalue weighted by molar-refractivity contribution is 7.98. The molecule has 3 heterocycles. The van der Waals surface area contributed by atoms with Gasteiger partial charge in [-0.3, -0.25) is 0 Å². The van der Waals surface area contributed by atoms with Crippen LogP contribution in [0.1, 0.15) is 17.0 Å². The van der Waals surface area contributed by atoms with E-state index in [1.165, 1.54) is 0 Å². The maximum absolute atomic E-state index is 5.16. The van der Waals surface area contributed by atoms with Crippen LogP contribution in [0.4, 0.5) is 0 Å². The van der Waals surface area contributed by atoms with E-state index in [9.17, 15) is 0 Å². The van der Waals surface area contributed by atoms with Crippen LogP contribution in [0.15, 0.2) is 27.3 Å². The second-order valence-corrected chi connectivity index (χ2v) is 5.79. The molecule has 0 aliphatic carbocycles. The summed E-state index contributed by atoms with van der Waals surface area (Å²) in [6, 6.07) is 2.02. The van der Waals surface area contributed by atoms with Crippen molar-refractivity contribution in [1.82, 2.24) is 15.1 Å². The Morgan fingerprint density at radius 2 is 2.22 bits per heavy atom. The molecule has 0 radical (unpaired) electrons. The summed E-state index contributed by atoms with van der Waals surface area (Å²) in [5.41, 5.74) is 3.12. The fraction of sp³-hybridized carbons (Fsp3) is 0.250. The van der Waals surface area contributed by atoms with E-state index < -0.39 is 0 Å². The molecule has 0 aliphatic rings. The van der Waals surface area contributed by atoms with Crippen LogP contribution < -0.4 is 0 Å². The van der Waals surface area contributed by atoms with E-state index in [-0.39, 0.29) is 0 Å². The van der Waals surface area contributed by atoms with Gasteiger partial charge in [-0.1, -0.05) is 16.9 Å². The van der Waals surface area contributed by atoms with Gasteiger partial charge in [-0.2, -0.15) is 0 Å². The van der Waals surface area contributed by atoms with Crippen molar-refractivity contribution in [3.05, 3.63) is 34.8 Å². The Morgan fingerprint density at radius 3 is 3.00 bits per heavy atom. The largest absolute Gasteiger partial charge is 0.361 e. The molecule has 18 heavy (non-hydrogen) atoms. The molecular weight excluding hydrogens is 266 g/mol. The molecule has 0 aliphatic heterocycles. The molecule has 0 atom stereocenters. The SMILES string of the molecule is Cc1noc(C)c1CSc1ncnc2ccsc12. The molecule has 6 heteroatoms. The quantitative estimate of drug-likeness (QED) is 0.541. The normalized spacial score (nSPS) is 11.2. The number of hydrogen-bond acceptors (Lipinski definition) is 6. The molecule has 4 nitrogen and oxygen atoms in total.